The summed E-state index contributed by atoms with van der Waals surface area (Å²) >= 11 is 0. The predicted octanol–water partition coefficient (Wildman–Crippen LogP) is 1.77. The first-order chi connectivity index (χ1) is 7.91. The van der Waals surface area contributed by atoms with Gasteiger partial charge in [-0.05, 0) is 47.2 Å². The van der Waals surface area contributed by atoms with Crippen molar-refractivity contribution in [2.45, 2.75) is 40.0 Å². The number of hydrogen-bond acceptors (Lipinski definition) is 3. The lowest BCUT2D eigenvalue weighted by Gasteiger charge is -2.18. The molecule has 0 saturated heterocycles. The molecule has 0 radical (unpaired) electrons. The summed E-state index contributed by atoms with van der Waals surface area (Å²) in [7, 11) is 1.95. The van der Waals surface area contributed by atoms with Gasteiger partial charge in [0.15, 0.2) is 0 Å². The Hall–Kier alpha value is -1.08. The summed E-state index contributed by atoms with van der Waals surface area (Å²) in [6.45, 7) is 7.88. The Bertz CT molecular complexity index is 268. The number of nitrogens with zero attached hydrogens (tertiary/aromatic N) is 2. The third-order valence-corrected chi connectivity index (χ3v) is 2.68. The first kappa shape index (κ1) is 15.9. The van der Waals surface area contributed by atoms with E-state index >= 15 is 0 Å². The van der Waals surface area contributed by atoms with Gasteiger partial charge in [0, 0.05) is 6.54 Å². The van der Waals surface area contributed by atoms with Crippen LogP contribution in [0.2, 0.25) is 0 Å². The molecule has 0 spiro atoms. The average molecular weight is 239 g/mol. The summed E-state index contributed by atoms with van der Waals surface area (Å²) in [5, 5.41) is 11.6. The van der Waals surface area contributed by atoms with E-state index in [2.05, 4.69) is 11.4 Å². The number of unbranched alkanes of at least 4 members (excludes halogenated alkanes) is 1. The van der Waals surface area contributed by atoms with Gasteiger partial charge in [0.25, 0.3) is 0 Å². The van der Waals surface area contributed by atoms with E-state index in [0.29, 0.717) is 13.1 Å². The van der Waals surface area contributed by atoms with Crippen molar-refractivity contribution in [1.82, 2.24) is 10.2 Å². The van der Waals surface area contributed by atoms with Crippen LogP contribution in [0.1, 0.15) is 40.0 Å². The van der Waals surface area contributed by atoms with Crippen molar-refractivity contribution in [3.63, 3.8) is 0 Å². The fourth-order valence-electron chi connectivity index (χ4n) is 1.58. The van der Waals surface area contributed by atoms with Crippen LogP contribution in [-0.2, 0) is 4.79 Å². The van der Waals surface area contributed by atoms with Crippen LogP contribution in [-0.4, -0.2) is 37.5 Å². The number of nitrogens with one attached hydrogen (secondary N) is 1. The van der Waals surface area contributed by atoms with Gasteiger partial charge < -0.3 is 5.32 Å². The van der Waals surface area contributed by atoms with Gasteiger partial charge in [-0.15, -0.1) is 0 Å². The van der Waals surface area contributed by atoms with Crippen LogP contribution in [0.4, 0.5) is 0 Å². The van der Waals surface area contributed by atoms with Crippen molar-refractivity contribution in [2.75, 3.05) is 26.7 Å². The van der Waals surface area contributed by atoms with E-state index in [1.54, 1.807) is 0 Å². The fraction of sp³-hybridized carbons (Fsp3) is 0.846. The molecule has 0 aliphatic carbocycles. The van der Waals surface area contributed by atoms with Gasteiger partial charge in [0.1, 0.15) is 0 Å². The number of hydrogen-bond donors (Lipinski definition) is 1. The van der Waals surface area contributed by atoms with Gasteiger partial charge >= 0.3 is 0 Å². The van der Waals surface area contributed by atoms with Crippen molar-refractivity contribution < 1.29 is 4.79 Å². The van der Waals surface area contributed by atoms with E-state index < -0.39 is 0 Å². The van der Waals surface area contributed by atoms with Crippen LogP contribution < -0.4 is 5.32 Å². The Kier molecular flexibility index (Phi) is 7.56. The Morgan fingerprint density at radius 3 is 2.59 bits per heavy atom. The monoisotopic (exact) mass is 239 g/mol. The lowest BCUT2D eigenvalue weighted by atomic mass is 9.89. The zero-order chi connectivity index (χ0) is 13.3. The summed E-state index contributed by atoms with van der Waals surface area (Å²) in [5.41, 5.74) is -0.224. The third kappa shape index (κ3) is 8.70. The van der Waals surface area contributed by atoms with E-state index in [-0.39, 0.29) is 11.3 Å². The molecule has 0 aliphatic heterocycles. The number of rotatable bonds is 8. The molecule has 0 bridgehead atoms. The zero-order valence-electron chi connectivity index (χ0n) is 11.5. The predicted molar refractivity (Wildman–Crippen MR) is 69.4 cm³/mol. The number of nitriles is 1. The summed E-state index contributed by atoms with van der Waals surface area (Å²) < 4.78 is 0. The van der Waals surface area contributed by atoms with Gasteiger partial charge in [-0.2, -0.15) is 5.26 Å². The maximum atomic E-state index is 11.3. The zero-order valence-corrected chi connectivity index (χ0v) is 11.5. The maximum Gasteiger partial charge on any atom is 0.234 e. The third-order valence-electron chi connectivity index (χ3n) is 2.68. The van der Waals surface area contributed by atoms with Gasteiger partial charge in [0.05, 0.1) is 18.0 Å². The summed E-state index contributed by atoms with van der Waals surface area (Å²) in [6, 6.07) is 2.30. The lowest BCUT2D eigenvalue weighted by molar-refractivity contribution is -0.121. The first-order valence-corrected chi connectivity index (χ1v) is 6.28. The lowest BCUT2D eigenvalue weighted by Crippen LogP contribution is -2.35. The molecule has 0 heterocycles. The minimum atomic E-state index is -0.224. The van der Waals surface area contributed by atoms with E-state index in [1.807, 2.05) is 32.7 Å². The fourth-order valence-corrected chi connectivity index (χ4v) is 1.58. The summed E-state index contributed by atoms with van der Waals surface area (Å²) in [4.78, 5) is 13.3. The Morgan fingerprint density at radius 2 is 2.06 bits per heavy atom. The molecule has 1 N–H and O–H groups in total. The van der Waals surface area contributed by atoms with E-state index in [1.165, 1.54) is 0 Å². The maximum absolute atomic E-state index is 11.3. The normalized spacial score (nSPS) is 11.3. The summed E-state index contributed by atoms with van der Waals surface area (Å²) in [5.74, 6) is 0.0763. The molecule has 17 heavy (non-hydrogen) atoms. The molecule has 0 fully saturated rings. The quantitative estimate of drug-likeness (QED) is 0.657. The van der Waals surface area contributed by atoms with Gasteiger partial charge in [-0.1, -0.05) is 6.42 Å². The number of carbonyl (C=O) groups is 1. The number of amides is 1. The first-order valence-electron chi connectivity index (χ1n) is 6.28. The van der Waals surface area contributed by atoms with E-state index in [9.17, 15) is 4.79 Å². The molecule has 4 heteroatoms. The minimum absolute atomic E-state index is 0.0763. The number of likely N-dealkylation sites (N-methyl/N-ethyl adjacent to an activating group) is 2. The smallest absolute Gasteiger partial charge is 0.234 e. The molecule has 0 unspecified atom stereocenters. The molecule has 0 saturated carbocycles. The second kappa shape index (κ2) is 8.08. The highest BCUT2D eigenvalue weighted by Crippen LogP contribution is 2.21. The molecule has 0 atom stereocenters. The molecule has 98 valence electrons. The van der Waals surface area contributed by atoms with Gasteiger partial charge in [-0.25, -0.2) is 0 Å². The van der Waals surface area contributed by atoms with Crippen molar-refractivity contribution >= 4 is 5.91 Å². The highest BCUT2D eigenvalue weighted by molar-refractivity contribution is 5.77. The minimum Gasteiger partial charge on any atom is -0.355 e. The standard InChI is InChI=1S/C13H25N3O/c1-5-15-12(17)10-16(4)9-7-6-8-13(2,3)11-14/h5-10H2,1-4H3,(H,15,17). The molecular weight excluding hydrogens is 214 g/mol. The molecule has 4 nitrogen and oxygen atoms in total. The van der Waals surface area contributed by atoms with Crippen LogP contribution in [0.15, 0.2) is 0 Å². The molecule has 1 amide bonds. The topological polar surface area (TPSA) is 56.1 Å². The second-order valence-corrected chi connectivity index (χ2v) is 5.14. The van der Waals surface area contributed by atoms with Crippen molar-refractivity contribution in [1.29, 1.82) is 5.26 Å². The van der Waals surface area contributed by atoms with Gasteiger partial charge in [-0.3, -0.25) is 9.69 Å². The Labute approximate surface area is 105 Å². The highest BCUT2D eigenvalue weighted by atomic mass is 16.1. The van der Waals surface area contributed by atoms with Crippen molar-refractivity contribution in [2.24, 2.45) is 5.41 Å². The molecule has 0 rings (SSSR count). The molecule has 0 aromatic heterocycles. The molecular formula is C13H25N3O. The second-order valence-electron chi connectivity index (χ2n) is 5.14. The van der Waals surface area contributed by atoms with Crippen LogP contribution >= 0.6 is 0 Å². The molecule has 0 aliphatic rings. The average Bonchev–Trinajstić information content (AvgIpc) is 2.25. The largest absolute Gasteiger partial charge is 0.355 e. The van der Waals surface area contributed by atoms with Crippen LogP contribution in [0.3, 0.4) is 0 Å². The van der Waals surface area contributed by atoms with Crippen molar-refractivity contribution in [3.8, 4) is 6.07 Å². The summed E-state index contributed by atoms with van der Waals surface area (Å²) in [6.07, 6.45) is 2.97. The van der Waals surface area contributed by atoms with Crippen LogP contribution in [0.25, 0.3) is 0 Å². The highest BCUT2D eigenvalue weighted by Gasteiger charge is 2.15. The van der Waals surface area contributed by atoms with Crippen LogP contribution in [0.5, 0.6) is 0 Å². The van der Waals surface area contributed by atoms with E-state index in [4.69, 9.17) is 5.26 Å². The van der Waals surface area contributed by atoms with Gasteiger partial charge in [0.2, 0.25) is 5.91 Å². The SMILES string of the molecule is CCNC(=O)CN(C)CCCCC(C)(C)C#N. The number of carbonyl (C=O) groups excluding carboxylic acids is 1. The van der Waals surface area contributed by atoms with Crippen molar-refractivity contribution in [3.05, 3.63) is 0 Å². The molecule has 0 aromatic rings. The molecule has 0 aromatic carbocycles. The Morgan fingerprint density at radius 1 is 1.41 bits per heavy atom. The van der Waals surface area contributed by atoms with Crippen LogP contribution in [0, 0.1) is 16.7 Å². The van der Waals surface area contributed by atoms with E-state index in [0.717, 1.165) is 25.8 Å². The Balaban J connectivity index is 3.62.